The number of aromatic carboxylic acids is 2. The first-order valence-corrected chi connectivity index (χ1v) is 7.17. The maximum atomic E-state index is 10.7. The van der Waals surface area contributed by atoms with E-state index in [1.807, 2.05) is 0 Å². The molecule has 0 aliphatic carbocycles. The summed E-state index contributed by atoms with van der Waals surface area (Å²) in [7, 11) is 0. The number of ether oxygens (including phenoxy) is 1. The van der Waals surface area contributed by atoms with E-state index < -0.39 is 17.9 Å². The molecule has 0 atom stereocenters. The average molecular weight is 346 g/mol. The van der Waals surface area contributed by atoms with Crippen molar-refractivity contribution < 1.29 is 34.4 Å². The largest absolute Gasteiger partial charge is 0.507 e. The van der Waals surface area contributed by atoms with Crippen LogP contribution in [0, 0.1) is 13.8 Å². The highest BCUT2D eigenvalue weighted by molar-refractivity contribution is 5.92. The fraction of sp³-hybridized carbons (Fsp3) is 0.167. The number of hydrogen-bond acceptors (Lipinski definition) is 5. The number of carboxylic acid groups (broad SMARTS) is 2. The van der Waals surface area contributed by atoms with Gasteiger partial charge in [0, 0.05) is 6.92 Å². The summed E-state index contributed by atoms with van der Waals surface area (Å²) in [6.07, 6.45) is 0. The lowest BCUT2D eigenvalue weighted by atomic mass is 10.1. The molecule has 0 aliphatic rings. The minimum atomic E-state index is -1.11. The van der Waals surface area contributed by atoms with Crippen LogP contribution in [0.2, 0.25) is 0 Å². The van der Waals surface area contributed by atoms with Crippen LogP contribution in [0.3, 0.4) is 0 Å². The number of rotatable bonds is 3. The number of carbonyl (C=O) groups is 3. The Balaban J connectivity index is 0.000000257. The third-order valence-corrected chi connectivity index (χ3v) is 3.00. The topological polar surface area (TPSA) is 121 Å². The van der Waals surface area contributed by atoms with Gasteiger partial charge in [0.05, 0.1) is 0 Å². The second kappa shape index (κ2) is 8.49. The number of hydrogen-bond donors (Lipinski definition) is 3. The normalized spacial score (nSPS) is 9.56. The monoisotopic (exact) mass is 346 g/mol. The van der Waals surface area contributed by atoms with Crippen molar-refractivity contribution in [3.05, 3.63) is 58.7 Å². The van der Waals surface area contributed by atoms with Crippen molar-refractivity contribution in [2.24, 2.45) is 0 Å². The van der Waals surface area contributed by atoms with Crippen molar-refractivity contribution in [1.82, 2.24) is 0 Å². The van der Waals surface area contributed by atoms with Crippen LogP contribution in [-0.4, -0.2) is 33.2 Å². The van der Waals surface area contributed by atoms with Crippen LogP contribution in [0.15, 0.2) is 36.4 Å². The van der Waals surface area contributed by atoms with Gasteiger partial charge in [-0.1, -0.05) is 12.1 Å². The predicted molar refractivity (Wildman–Crippen MR) is 89.3 cm³/mol. The van der Waals surface area contributed by atoms with E-state index in [2.05, 4.69) is 0 Å². The summed E-state index contributed by atoms with van der Waals surface area (Å²) < 4.78 is 4.77. The number of esters is 1. The molecule has 0 saturated heterocycles. The highest BCUT2D eigenvalue weighted by atomic mass is 16.5. The van der Waals surface area contributed by atoms with Crippen LogP contribution >= 0.6 is 0 Å². The summed E-state index contributed by atoms with van der Waals surface area (Å²) in [5.74, 6) is -2.84. The van der Waals surface area contributed by atoms with Crippen molar-refractivity contribution in [3.8, 4) is 11.5 Å². The highest BCUT2D eigenvalue weighted by Crippen LogP contribution is 2.20. The minimum Gasteiger partial charge on any atom is -0.507 e. The Labute approximate surface area is 144 Å². The van der Waals surface area contributed by atoms with Crippen LogP contribution < -0.4 is 4.74 Å². The van der Waals surface area contributed by atoms with E-state index in [0.717, 1.165) is 11.1 Å². The minimum absolute atomic E-state index is 0.00852. The Bertz CT molecular complexity index is 809. The van der Waals surface area contributed by atoms with Crippen LogP contribution in [0.4, 0.5) is 0 Å². The molecule has 0 aromatic heterocycles. The predicted octanol–water partition coefficient (Wildman–Crippen LogP) is 3.02. The highest BCUT2D eigenvalue weighted by Gasteiger charge is 2.12. The van der Waals surface area contributed by atoms with Crippen LogP contribution in [0.25, 0.3) is 0 Å². The molecule has 7 nitrogen and oxygen atoms in total. The number of carboxylic acids is 2. The summed E-state index contributed by atoms with van der Waals surface area (Å²) in [5, 5.41) is 26.4. The molecule has 3 N–H and O–H groups in total. The Morgan fingerprint density at radius 3 is 1.76 bits per heavy atom. The molecule has 0 fully saturated rings. The maximum absolute atomic E-state index is 10.7. The van der Waals surface area contributed by atoms with Gasteiger partial charge in [0.25, 0.3) is 0 Å². The molecule has 0 unspecified atom stereocenters. The van der Waals surface area contributed by atoms with Crippen LogP contribution in [0.5, 0.6) is 11.5 Å². The van der Waals surface area contributed by atoms with Gasteiger partial charge in [0.1, 0.15) is 22.6 Å². The van der Waals surface area contributed by atoms with Gasteiger partial charge in [-0.25, -0.2) is 9.59 Å². The Hall–Kier alpha value is -3.35. The summed E-state index contributed by atoms with van der Waals surface area (Å²) in [5.41, 5.74) is 1.61. The summed E-state index contributed by atoms with van der Waals surface area (Å²) in [4.78, 5) is 31.8. The van der Waals surface area contributed by atoms with Gasteiger partial charge in [0.2, 0.25) is 0 Å². The van der Waals surface area contributed by atoms with E-state index in [4.69, 9.17) is 20.1 Å². The van der Waals surface area contributed by atoms with E-state index >= 15 is 0 Å². The number of benzene rings is 2. The third kappa shape index (κ3) is 5.98. The van der Waals surface area contributed by atoms with Crippen molar-refractivity contribution in [3.63, 3.8) is 0 Å². The molecule has 132 valence electrons. The average Bonchev–Trinajstić information content (AvgIpc) is 2.46. The lowest BCUT2D eigenvalue weighted by Gasteiger charge is -2.05. The Kier molecular flexibility index (Phi) is 6.69. The lowest BCUT2D eigenvalue weighted by Crippen LogP contribution is -2.07. The van der Waals surface area contributed by atoms with E-state index in [1.54, 1.807) is 26.0 Å². The van der Waals surface area contributed by atoms with Gasteiger partial charge < -0.3 is 20.1 Å². The molecule has 0 heterocycles. The van der Waals surface area contributed by atoms with Crippen LogP contribution in [-0.2, 0) is 4.79 Å². The zero-order chi connectivity index (χ0) is 19.1. The zero-order valence-electron chi connectivity index (χ0n) is 13.9. The second-order valence-corrected chi connectivity index (χ2v) is 5.22. The van der Waals surface area contributed by atoms with Gasteiger partial charge in [-0.05, 0) is 49.2 Å². The number of carbonyl (C=O) groups excluding carboxylic acids is 1. The summed E-state index contributed by atoms with van der Waals surface area (Å²) >= 11 is 0. The summed E-state index contributed by atoms with van der Waals surface area (Å²) in [6, 6.07) is 9.02. The molecular formula is C18H18O7. The fourth-order valence-corrected chi connectivity index (χ4v) is 1.87. The lowest BCUT2D eigenvalue weighted by molar-refractivity contribution is -0.131. The molecule has 2 rings (SSSR count). The van der Waals surface area contributed by atoms with Gasteiger partial charge in [-0.2, -0.15) is 0 Å². The Morgan fingerprint density at radius 2 is 1.32 bits per heavy atom. The molecule has 0 spiro atoms. The molecule has 0 saturated carbocycles. The quantitative estimate of drug-likeness (QED) is 0.577. The first-order valence-electron chi connectivity index (χ1n) is 7.17. The molecule has 0 amide bonds. The van der Waals surface area contributed by atoms with Gasteiger partial charge in [0.15, 0.2) is 0 Å². The molecule has 0 radical (unpaired) electrons. The molecule has 0 aliphatic heterocycles. The van der Waals surface area contributed by atoms with Crippen molar-refractivity contribution >= 4 is 17.9 Å². The summed E-state index contributed by atoms with van der Waals surface area (Å²) in [6.45, 7) is 4.80. The van der Waals surface area contributed by atoms with E-state index in [-0.39, 0.29) is 22.6 Å². The first-order chi connectivity index (χ1) is 11.6. The molecule has 25 heavy (non-hydrogen) atoms. The molecule has 0 bridgehead atoms. The van der Waals surface area contributed by atoms with Gasteiger partial charge in [-0.3, -0.25) is 4.79 Å². The maximum Gasteiger partial charge on any atom is 0.339 e. The second-order valence-electron chi connectivity index (χ2n) is 5.22. The van der Waals surface area contributed by atoms with Crippen molar-refractivity contribution in [2.75, 3.05) is 0 Å². The number of aromatic hydroxyl groups is 1. The van der Waals surface area contributed by atoms with Crippen molar-refractivity contribution in [1.29, 1.82) is 0 Å². The van der Waals surface area contributed by atoms with Crippen molar-refractivity contribution in [2.45, 2.75) is 20.8 Å². The SMILES string of the molecule is CC(=O)Oc1cc(C)ccc1C(=O)O.Cc1ccc(C(=O)O)c(O)c1. The number of phenols is 1. The molecule has 2 aromatic carbocycles. The van der Waals surface area contributed by atoms with Crippen LogP contribution in [0.1, 0.15) is 38.8 Å². The van der Waals surface area contributed by atoms with Gasteiger partial charge in [-0.15, -0.1) is 0 Å². The zero-order valence-corrected chi connectivity index (χ0v) is 13.9. The van der Waals surface area contributed by atoms with E-state index in [9.17, 15) is 14.4 Å². The third-order valence-electron chi connectivity index (χ3n) is 3.00. The standard InChI is InChI=1S/C10H10O4.C8H8O3/c1-6-3-4-8(10(12)13)9(5-6)14-7(2)11;1-5-2-3-6(8(10)11)7(9)4-5/h3-5H,1-2H3,(H,12,13);2-4,9H,1H3,(H,10,11). The molecular weight excluding hydrogens is 328 g/mol. The van der Waals surface area contributed by atoms with Gasteiger partial charge >= 0.3 is 17.9 Å². The first kappa shape index (κ1) is 19.7. The van der Waals surface area contributed by atoms with E-state index in [0.29, 0.717) is 0 Å². The van der Waals surface area contributed by atoms with E-state index in [1.165, 1.54) is 31.2 Å². The Morgan fingerprint density at radius 1 is 0.840 bits per heavy atom. The smallest absolute Gasteiger partial charge is 0.339 e. The molecule has 7 heteroatoms. The number of aryl methyl sites for hydroxylation is 2. The molecule has 2 aromatic rings. The fourth-order valence-electron chi connectivity index (χ4n) is 1.87.